The third-order valence-corrected chi connectivity index (χ3v) is 5.67. The summed E-state index contributed by atoms with van der Waals surface area (Å²) in [6.45, 7) is 1.60. The van der Waals surface area contributed by atoms with Crippen LogP contribution < -0.4 is 0 Å². The van der Waals surface area contributed by atoms with Gasteiger partial charge in [0.15, 0.2) is 6.29 Å². The molecule has 0 aromatic heterocycles. The molecule has 5 heteroatoms. The van der Waals surface area contributed by atoms with Crippen molar-refractivity contribution < 1.29 is 23.7 Å². The molecule has 1 heterocycles. The van der Waals surface area contributed by atoms with Gasteiger partial charge in [-0.1, -0.05) is 60.7 Å². The molecule has 5 atom stereocenters. The molecule has 150 valence electrons. The topological polar surface area (TPSA) is 46.2 Å². The molecule has 28 heavy (non-hydrogen) atoms. The van der Waals surface area contributed by atoms with Crippen molar-refractivity contribution in [3.8, 4) is 0 Å². The molecule has 0 spiro atoms. The molecule has 2 aromatic rings. The molecule has 0 N–H and O–H groups in total. The Hall–Kier alpha value is -1.76. The Bertz CT molecular complexity index is 737. The predicted octanol–water partition coefficient (Wildman–Crippen LogP) is 3.57. The van der Waals surface area contributed by atoms with Gasteiger partial charge in [-0.25, -0.2) is 0 Å². The van der Waals surface area contributed by atoms with Gasteiger partial charge in [-0.05, 0) is 17.5 Å². The van der Waals surface area contributed by atoms with Crippen molar-refractivity contribution in [3.63, 3.8) is 0 Å². The molecule has 0 amide bonds. The predicted molar refractivity (Wildman–Crippen MR) is 105 cm³/mol. The molecule has 1 saturated carbocycles. The van der Waals surface area contributed by atoms with E-state index in [1.54, 1.807) is 14.2 Å². The van der Waals surface area contributed by atoms with Crippen molar-refractivity contribution in [2.75, 3.05) is 20.8 Å². The number of ether oxygens (including phenoxy) is 5. The number of fused-ring (bicyclic) bond motifs is 1. The summed E-state index contributed by atoms with van der Waals surface area (Å²) in [6, 6.07) is 20.3. The van der Waals surface area contributed by atoms with Crippen LogP contribution in [0.5, 0.6) is 0 Å². The maximum atomic E-state index is 6.32. The van der Waals surface area contributed by atoms with Crippen LogP contribution in [0.2, 0.25) is 0 Å². The van der Waals surface area contributed by atoms with Gasteiger partial charge in [0, 0.05) is 20.1 Å². The van der Waals surface area contributed by atoms with Crippen molar-refractivity contribution in [2.24, 2.45) is 5.92 Å². The molecule has 1 saturated heterocycles. The Balaban J connectivity index is 1.37. The number of hydrogen-bond acceptors (Lipinski definition) is 5. The molecule has 0 bridgehead atoms. The van der Waals surface area contributed by atoms with Crippen LogP contribution in [0.1, 0.15) is 17.5 Å². The molecule has 0 radical (unpaired) electrons. The maximum absolute atomic E-state index is 6.32. The highest BCUT2D eigenvalue weighted by Gasteiger charge is 2.67. The van der Waals surface area contributed by atoms with E-state index in [4.69, 9.17) is 23.7 Å². The van der Waals surface area contributed by atoms with E-state index < -0.39 is 6.29 Å². The fourth-order valence-corrected chi connectivity index (χ4v) is 4.08. The van der Waals surface area contributed by atoms with Gasteiger partial charge in [-0.2, -0.15) is 0 Å². The minimum absolute atomic E-state index is 0.0808. The average Bonchev–Trinajstić information content (AvgIpc) is 3.46. The molecule has 4 rings (SSSR count). The van der Waals surface area contributed by atoms with Gasteiger partial charge in [-0.3, -0.25) is 0 Å². The van der Waals surface area contributed by atoms with E-state index in [0.717, 1.165) is 17.5 Å². The Kier molecular flexibility index (Phi) is 6.09. The smallest absolute Gasteiger partial charge is 0.186 e. The van der Waals surface area contributed by atoms with E-state index in [1.165, 1.54) is 0 Å². The summed E-state index contributed by atoms with van der Waals surface area (Å²) in [5.74, 6) is 0.250. The van der Waals surface area contributed by atoms with Gasteiger partial charge in [-0.15, -0.1) is 0 Å². The van der Waals surface area contributed by atoms with Gasteiger partial charge in [0.05, 0.1) is 25.9 Å². The molecular weight excluding hydrogens is 356 g/mol. The second kappa shape index (κ2) is 8.72. The van der Waals surface area contributed by atoms with Gasteiger partial charge in [0.25, 0.3) is 0 Å². The van der Waals surface area contributed by atoms with Gasteiger partial charge in [0.1, 0.15) is 11.7 Å². The minimum atomic E-state index is -0.479. The highest BCUT2D eigenvalue weighted by atomic mass is 16.7. The van der Waals surface area contributed by atoms with Crippen LogP contribution >= 0.6 is 0 Å². The third kappa shape index (κ3) is 4.14. The number of benzene rings is 2. The Morgan fingerprint density at radius 2 is 1.50 bits per heavy atom. The van der Waals surface area contributed by atoms with Crippen molar-refractivity contribution in [1.82, 2.24) is 0 Å². The molecule has 5 nitrogen and oxygen atoms in total. The highest BCUT2D eigenvalue weighted by Crippen LogP contribution is 2.55. The summed E-state index contributed by atoms with van der Waals surface area (Å²) >= 11 is 0. The zero-order chi connectivity index (χ0) is 19.4. The Morgan fingerprint density at radius 1 is 0.857 bits per heavy atom. The number of rotatable bonds is 9. The molecule has 1 aliphatic heterocycles. The van der Waals surface area contributed by atoms with Crippen LogP contribution in [-0.4, -0.2) is 44.9 Å². The Labute approximate surface area is 166 Å². The fourth-order valence-electron chi connectivity index (χ4n) is 4.08. The molecular formula is C23H28O5. The first-order valence-electron chi connectivity index (χ1n) is 9.76. The average molecular weight is 384 g/mol. The van der Waals surface area contributed by atoms with Crippen LogP contribution in [0.15, 0.2) is 60.7 Å². The first-order chi connectivity index (χ1) is 13.8. The molecule has 0 unspecified atom stereocenters. The number of hydrogen-bond donors (Lipinski definition) is 0. The largest absolute Gasteiger partial charge is 0.378 e. The lowest BCUT2D eigenvalue weighted by Crippen LogP contribution is -2.53. The van der Waals surface area contributed by atoms with Crippen molar-refractivity contribution in [2.45, 2.75) is 43.7 Å². The molecule has 2 fully saturated rings. The minimum Gasteiger partial charge on any atom is -0.378 e. The van der Waals surface area contributed by atoms with Crippen LogP contribution in [-0.2, 0) is 36.9 Å². The van der Waals surface area contributed by atoms with E-state index in [2.05, 4.69) is 12.1 Å². The van der Waals surface area contributed by atoms with E-state index in [9.17, 15) is 0 Å². The lowest BCUT2D eigenvalue weighted by molar-refractivity contribution is -0.286. The standard InChI is InChI=1S/C23H28O5/c1-24-20-19-13-23(19,16-26-14-17-9-5-3-6-10-17)28-22(25-2)21(20)27-15-18-11-7-4-8-12-18/h3-12,19-22H,13-16H2,1-2H3/t19-,20+,21-,22-,23+/m1/s1. The second-order valence-corrected chi connectivity index (χ2v) is 7.54. The second-order valence-electron chi connectivity index (χ2n) is 7.54. The van der Waals surface area contributed by atoms with E-state index in [-0.39, 0.29) is 23.7 Å². The molecule has 2 aromatic carbocycles. The zero-order valence-electron chi connectivity index (χ0n) is 16.5. The Morgan fingerprint density at radius 3 is 2.11 bits per heavy atom. The van der Waals surface area contributed by atoms with E-state index in [1.807, 2.05) is 48.5 Å². The summed E-state index contributed by atoms with van der Waals surface area (Å²) in [7, 11) is 3.38. The SMILES string of the molecule is CO[C@@H]1O[C@]2(COCc3ccccc3)C[C@@H]2[C@H](OC)[C@H]1OCc1ccccc1. The maximum Gasteiger partial charge on any atom is 0.186 e. The van der Waals surface area contributed by atoms with Crippen molar-refractivity contribution in [3.05, 3.63) is 71.8 Å². The van der Waals surface area contributed by atoms with E-state index in [0.29, 0.717) is 19.8 Å². The summed E-state index contributed by atoms with van der Waals surface area (Å²) < 4.78 is 29.9. The number of methoxy groups -OCH3 is 2. The van der Waals surface area contributed by atoms with Crippen LogP contribution in [0.4, 0.5) is 0 Å². The van der Waals surface area contributed by atoms with Gasteiger partial charge in [0.2, 0.25) is 0 Å². The normalized spacial score (nSPS) is 31.4. The van der Waals surface area contributed by atoms with Gasteiger partial charge >= 0.3 is 0 Å². The highest BCUT2D eigenvalue weighted by molar-refractivity contribution is 5.17. The lowest BCUT2D eigenvalue weighted by atomic mass is 10.0. The van der Waals surface area contributed by atoms with E-state index >= 15 is 0 Å². The summed E-state index contributed by atoms with van der Waals surface area (Å²) in [4.78, 5) is 0. The first kappa shape index (κ1) is 19.6. The van der Waals surface area contributed by atoms with Crippen molar-refractivity contribution in [1.29, 1.82) is 0 Å². The summed E-state index contributed by atoms with van der Waals surface area (Å²) in [5.41, 5.74) is 1.93. The summed E-state index contributed by atoms with van der Waals surface area (Å²) in [5, 5.41) is 0. The first-order valence-corrected chi connectivity index (χ1v) is 9.76. The molecule has 1 aliphatic carbocycles. The fraction of sp³-hybridized carbons (Fsp3) is 0.478. The zero-order valence-corrected chi connectivity index (χ0v) is 16.5. The molecule has 2 aliphatic rings. The quantitative estimate of drug-likeness (QED) is 0.661. The summed E-state index contributed by atoms with van der Waals surface area (Å²) in [6.07, 6.45) is 0.0613. The van der Waals surface area contributed by atoms with Crippen LogP contribution in [0.3, 0.4) is 0 Å². The lowest BCUT2D eigenvalue weighted by Gasteiger charge is -2.39. The van der Waals surface area contributed by atoms with Crippen LogP contribution in [0, 0.1) is 5.92 Å². The third-order valence-electron chi connectivity index (χ3n) is 5.67. The van der Waals surface area contributed by atoms with Crippen molar-refractivity contribution >= 4 is 0 Å². The van der Waals surface area contributed by atoms with Crippen LogP contribution in [0.25, 0.3) is 0 Å². The van der Waals surface area contributed by atoms with Gasteiger partial charge < -0.3 is 23.7 Å². The monoisotopic (exact) mass is 384 g/mol.